The Morgan fingerprint density at radius 1 is 1.23 bits per heavy atom. The number of thioether (sulfide) groups is 1. The number of nitrogens with zero attached hydrogens (tertiary/aromatic N) is 2. The van der Waals surface area contributed by atoms with E-state index in [-0.39, 0.29) is 17.2 Å². The fraction of sp³-hybridized carbons (Fsp3) is 0.652. The summed E-state index contributed by atoms with van der Waals surface area (Å²) in [6, 6.07) is 7.10. The molecule has 30 heavy (non-hydrogen) atoms. The first-order chi connectivity index (χ1) is 14.4. The van der Waals surface area contributed by atoms with Crippen LogP contribution in [0.1, 0.15) is 45.1 Å². The van der Waals surface area contributed by atoms with Crippen molar-refractivity contribution in [3.63, 3.8) is 0 Å². The Kier molecular flexibility index (Phi) is 8.03. The van der Waals surface area contributed by atoms with Crippen molar-refractivity contribution in [1.29, 1.82) is 0 Å². The zero-order chi connectivity index (χ0) is 21.6. The molecule has 1 aromatic carbocycles. The fourth-order valence-corrected chi connectivity index (χ4v) is 5.13. The Morgan fingerprint density at radius 3 is 2.57 bits per heavy atom. The van der Waals surface area contributed by atoms with Crippen molar-refractivity contribution in [3.05, 3.63) is 35.6 Å². The van der Waals surface area contributed by atoms with E-state index in [2.05, 4.69) is 34.4 Å². The van der Waals surface area contributed by atoms with Crippen molar-refractivity contribution < 1.29 is 9.18 Å². The minimum absolute atomic E-state index is 0.174. The van der Waals surface area contributed by atoms with Gasteiger partial charge in [-0.3, -0.25) is 9.79 Å². The average Bonchev–Trinajstić information content (AvgIpc) is 2.77. The molecule has 1 aliphatic carbocycles. The van der Waals surface area contributed by atoms with Crippen LogP contribution >= 0.6 is 11.8 Å². The van der Waals surface area contributed by atoms with E-state index in [9.17, 15) is 9.18 Å². The lowest BCUT2D eigenvalue weighted by atomic mass is 9.84. The van der Waals surface area contributed by atoms with Gasteiger partial charge >= 0.3 is 0 Å². The maximum absolute atomic E-state index is 13.6. The summed E-state index contributed by atoms with van der Waals surface area (Å²) in [6.07, 6.45) is 3.83. The Balaban J connectivity index is 1.46. The second kappa shape index (κ2) is 10.5. The molecule has 0 spiro atoms. The van der Waals surface area contributed by atoms with Crippen LogP contribution in [0.25, 0.3) is 0 Å². The van der Waals surface area contributed by atoms with Crippen LogP contribution in [0, 0.1) is 11.7 Å². The van der Waals surface area contributed by atoms with Gasteiger partial charge in [0.2, 0.25) is 5.91 Å². The molecule has 1 aromatic rings. The Morgan fingerprint density at radius 2 is 1.93 bits per heavy atom. The molecule has 5 nitrogen and oxygen atoms in total. The van der Waals surface area contributed by atoms with Gasteiger partial charge in [-0.2, -0.15) is 11.8 Å². The molecule has 2 aliphatic rings. The number of hydrogen-bond acceptors (Lipinski definition) is 3. The van der Waals surface area contributed by atoms with Gasteiger partial charge < -0.3 is 15.5 Å². The van der Waals surface area contributed by atoms with Crippen molar-refractivity contribution in [2.45, 2.75) is 51.0 Å². The van der Waals surface area contributed by atoms with Gasteiger partial charge in [0.25, 0.3) is 0 Å². The summed E-state index contributed by atoms with van der Waals surface area (Å²) < 4.78 is 13.6. The number of amides is 1. The van der Waals surface area contributed by atoms with Crippen molar-refractivity contribution >= 4 is 23.6 Å². The molecule has 2 N–H and O–H groups in total. The smallest absolute Gasteiger partial charge is 0.225 e. The first-order valence-corrected chi connectivity index (χ1v) is 12.1. The number of nitrogens with one attached hydrogen (secondary N) is 2. The Bertz CT molecular complexity index is 740. The van der Waals surface area contributed by atoms with Gasteiger partial charge in [0.1, 0.15) is 5.82 Å². The van der Waals surface area contributed by atoms with Crippen LogP contribution in [0.2, 0.25) is 0 Å². The molecule has 2 fully saturated rings. The summed E-state index contributed by atoms with van der Waals surface area (Å²) in [7, 11) is 1.77. The average molecular weight is 435 g/mol. The molecule has 1 aliphatic heterocycles. The Hall–Kier alpha value is -1.76. The van der Waals surface area contributed by atoms with Gasteiger partial charge in [-0.15, -0.1) is 0 Å². The molecule has 1 saturated heterocycles. The maximum atomic E-state index is 13.6. The second-order valence-corrected chi connectivity index (χ2v) is 10.2. The zero-order valence-corrected chi connectivity index (χ0v) is 19.2. The largest absolute Gasteiger partial charge is 0.356 e. The molecular weight excluding hydrogens is 399 g/mol. The van der Waals surface area contributed by atoms with E-state index in [1.54, 1.807) is 19.2 Å². The molecule has 0 radical (unpaired) electrons. The van der Waals surface area contributed by atoms with Crippen LogP contribution in [0.5, 0.6) is 0 Å². The molecule has 1 heterocycles. The highest BCUT2D eigenvalue weighted by Crippen LogP contribution is 2.27. The Labute approximate surface area is 184 Å². The first kappa shape index (κ1) is 22.9. The molecule has 0 bridgehead atoms. The van der Waals surface area contributed by atoms with E-state index in [1.165, 1.54) is 6.07 Å². The minimum Gasteiger partial charge on any atom is -0.356 e. The van der Waals surface area contributed by atoms with E-state index < -0.39 is 0 Å². The lowest BCUT2D eigenvalue weighted by Gasteiger charge is -2.34. The first-order valence-electron chi connectivity index (χ1n) is 11.0. The molecule has 3 rings (SSSR count). The summed E-state index contributed by atoms with van der Waals surface area (Å²) in [4.78, 5) is 19.2. The number of hydrogen-bond donors (Lipinski definition) is 2. The molecule has 1 saturated carbocycles. The number of rotatable bonds is 5. The van der Waals surface area contributed by atoms with E-state index in [0.29, 0.717) is 18.5 Å². The zero-order valence-electron chi connectivity index (χ0n) is 18.4. The van der Waals surface area contributed by atoms with Gasteiger partial charge in [0.05, 0.1) is 0 Å². The highest BCUT2D eigenvalue weighted by Gasteiger charge is 2.30. The summed E-state index contributed by atoms with van der Waals surface area (Å²) in [5.74, 6) is 3.22. The van der Waals surface area contributed by atoms with Gasteiger partial charge in [-0.05, 0) is 43.4 Å². The standard InChI is InChI=1S/C23H35FN4OS/c1-23(2,18-5-4-6-19(24)15-18)16-26-22(25-3)27-20-9-7-17(8-10-20)21(29)28-11-13-30-14-12-28/h4-6,15,17,20H,7-14,16H2,1-3H3,(H2,25,26,27). The lowest BCUT2D eigenvalue weighted by Crippen LogP contribution is -2.49. The minimum atomic E-state index is -0.226. The number of aliphatic imine (C=N–C) groups is 1. The van der Waals surface area contributed by atoms with E-state index >= 15 is 0 Å². The molecular formula is C23H35FN4OS. The number of halogens is 1. The topological polar surface area (TPSA) is 56.7 Å². The number of carbonyl (C=O) groups is 1. The van der Waals surface area contributed by atoms with Crippen molar-refractivity contribution in [1.82, 2.24) is 15.5 Å². The third-order valence-corrected chi connectivity index (χ3v) is 7.21. The number of guanidine groups is 1. The summed E-state index contributed by atoms with van der Waals surface area (Å²) in [6.45, 7) is 6.64. The van der Waals surface area contributed by atoms with Crippen LogP contribution in [0.15, 0.2) is 29.3 Å². The van der Waals surface area contributed by atoms with Gasteiger partial charge in [0, 0.05) is 55.6 Å². The third kappa shape index (κ3) is 6.13. The highest BCUT2D eigenvalue weighted by molar-refractivity contribution is 7.99. The van der Waals surface area contributed by atoms with Gasteiger partial charge in [-0.1, -0.05) is 26.0 Å². The predicted octanol–water partition coefficient (Wildman–Crippen LogP) is 3.40. The molecule has 0 atom stereocenters. The second-order valence-electron chi connectivity index (χ2n) is 8.95. The fourth-order valence-electron chi connectivity index (χ4n) is 4.23. The number of benzene rings is 1. The molecule has 0 aromatic heterocycles. The van der Waals surface area contributed by atoms with E-state index in [0.717, 1.165) is 61.8 Å². The summed E-state index contributed by atoms with van der Waals surface area (Å²) >= 11 is 1.94. The van der Waals surface area contributed by atoms with E-state index in [1.807, 2.05) is 17.8 Å². The third-order valence-electron chi connectivity index (χ3n) is 6.27. The van der Waals surface area contributed by atoms with Crippen LogP contribution in [-0.4, -0.2) is 61.0 Å². The van der Waals surface area contributed by atoms with E-state index in [4.69, 9.17) is 0 Å². The van der Waals surface area contributed by atoms with Gasteiger partial charge in [-0.25, -0.2) is 4.39 Å². The normalized spacial score (nSPS) is 23.2. The van der Waals surface area contributed by atoms with Crippen LogP contribution in [0.4, 0.5) is 4.39 Å². The lowest BCUT2D eigenvalue weighted by molar-refractivity contribution is -0.136. The van der Waals surface area contributed by atoms with Crippen LogP contribution in [0.3, 0.4) is 0 Å². The quantitative estimate of drug-likeness (QED) is 0.551. The predicted molar refractivity (Wildman–Crippen MR) is 124 cm³/mol. The summed E-state index contributed by atoms with van der Waals surface area (Å²) in [5.41, 5.74) is 0.733. The molecule has 1 amide bonds. The SMILES string of the molecule is CN=C(NCC(C)(C)c1cccc(F)c1)NC1CCC(C(=O)N2CCSCC2)CC1. The molecule has 7 heteroatoms. The van der Waals surface area contributed by atoms with Crippen molar-refractivity contribution in [2.24, 2.45) is 10.9 Å². The summed E-state index contributed by atoms with van der Waals surface area (Å²) in [5, 5.41) is 6.92. The monoisotopic (exact) mass is 434 g/mol. The highest BCUT2D eigenvalue weighted by atomic mass is 32.2. The van der Waals surface area contributed by atoms with Gasteiger partial charge in [0.15, 0.2) is 5.96 Å². The molecule has 0 unspecified atom stereocenters. The van der Waals surface area contributed by atoms with Crippen molar-refractivity contribution in [3.8, 4) is 0 Å². The maximum Gasteiger partial charge on any atom is 0.225 e. The van der Waals surface area contributed by atoms with Crippen molar-refractivity contribution in [2.75, 3.05) is 38.2 Å². The number of carbonyl (C=O) groups excluding carboxylic acids is 1. The molecule has 166 valence electrons. The van der Waals surface area contributed by atoms with Crippen LogP contribution in [-0.2, 0) is 10.2 Å². The van der Waals surface area contributed by atoms with Crippen LogP contribution < -0.4 is 10.6 Å².